The lowest BCUT2D eigenvalue weighted by atomic mass is 10.1. The summed E-state index contributed by atoms with van der Waals surface area (Å²) in [7, 11) is 1.84. The van der Waals surface area contributed by atoms with Gasteiger partial charge >= 0.3 is 0 Å². The molecule has 0 spiro atoms. The molecule has 0 aliphatic carbocycles. The van der Waals surface area contributed by atoms with Gasteiger partial charge < -0.3 is 10.2 Å². The molecule has 1 aromatic rings. The van der Waals surface area contributed by atoms with Gasteiger partial charge in [-0.25, -0.2) is 0 Å². The molecular weight excluding hydrogens is 212 g/mol. The Morgan fingerprint density at radius 2 is 2.00 bits per heavy atom. The van der Waals surface area contributed by atoms with Gasteiger partial charge in [-0.15, -0.1) is 0 Å². The molecule has 0 aromatic heterocycles. The molecular formula is C14H22N2O. The molecule has 17 heavy (non-hydrogen) atoms. The third kappa shape index (κ3) is 3.22. The van der Waals surface area contributed by atoms with Gasteiger partial charge in [-0.05, 0) is 32.4 Å². The molecule has 3 heteroatoms. The van der Waals surface area contributed by atoms with Crippen molar-refractivity contribution in [3.8, 4) is 0 Å². The highest BCUT2D eigenvalue weighted by molar-refractivity contribution is 5.99. The van der Waals surface area contributed by atoms with E-state index < -0.39 is 0 Å². The Bertz CT molecular complexity index is 374. The van der Waals surface area contributed by atoms with Crippen molar-refractivity contribution < 1.29 is 4.79 Å². The van der Waals surface area contributed by atoms with E-state index in [9.17, 15) is 4.79 Å². The van der Waals surface area contributed by atoms with E-state index in [0.29, 0.717) is 0 Å². The van der Waals surface area contributed by atoms with Crippen molar-refractivity contribution in [1.29, 1.82) is 0 Å². The number of benzene rings is 1. The highest BCUT2D eigenvalue weighted by atomic mass is 16.2. The van der Waals surface area contributed by atoms with Gasteiger partial charge in [-0.1, -0.05) is 19.1 Å². The van der Waals surface area contributed by atoms with Gasteiger partial charge in [0.25, 0.3) is 5.91 Å². The monoisotopic (exact) mass is 234 g/mol. The highest BCUT2D eigenvalue weighted by Gasteiger charge is 2.19. The summed E-state index contributed by atoms with van der Waals surface area (Å²) in [5, 5.41) is 3.06. The number of nitrogens with one attached hydrogen (secondary N) is 1. The molecule has 0 unspecified atom stereocenters. The van der Waals surface area contributed by atoms with Gasteiger partial charge in [0.05, 0.1) is 5.56 Å². The summed E-state index contributed by atoms with van der Waals surface area (Å²) < 4.78 is 0. The zero-order valence-corrected chi connectivity index (χ0v) is 11.2. The third-order valence-corrected chi connectivity index (χ3v) is 2.78. The molecule has 0 saturated heterocycles. The molecule has 0 atom stereocenters. The Kier molecular flexibility index (Phi) is 5.01. The van der Waals surface area contributed by atoms with Crippen LogP contribution in [0.3, 0.4) is 0 Å². The normalized spacial score (nSPS) is 10.4. The maximum Gasteiger partial charge on any atom is 0.256 e. The standard InChI is InChI=1S/C14H22N2O/c1-5-10-16(11(2)3)14(17)12-8-6-7-9-13(12)15-4/h6-9,11,15H,5,10H2,1-4H3. The third-order valence-electron chi connectivity index (χ3n) is 2.78. The predicted molar refractivity (Wildman–Crippen MR) is 72.5 cm³/mol. The van der Waals surface area contributed by atoms with Crippen molar-refractivity contribution >= 4 is 11.6 Å². The van der Waals surface area contributed by atoms with E-state index in [1.165, 1.54) is 0 Å². The van der Waals surface area contributed by atoms with Crippen molar-refractivity contribution in [1.82, 2.24) is 4.90 Å². The topological polar surface area (TPSA) is 32.3 Å². The number of hydrogen-bond acceptors (Lipinski definition) is 2. The first-order valence-corrected chi connectivity index (χ1v) is 6.19. The second kappa shape index (κ2) is 6.28. The Morgan fingerprint density at radius 3 is 2.53 bits per heavy atom. The van der Waals surface area contributed by atoms with Crippen LogP contribution in [0, 0.1) is 0 Å². The van der Waals surface area contributed by atoms with Crippen molar-refractivity contribution in [3.63, 3.8) is 0 Å². The first-order valence-electron chi connectivity index (χ1n) is 6.19. The van der Waals surface area contributed by atoms with Crippen LogP contribution >= 0.6 is 0 Å². The lowest BCUT2D eigenvalue weighted by Gasteiger charge is -2.27. The molecule has 1 amide bonds. The van der Waals surface area contributed by atoms with E-state index >= 15 is 0 Å². The quantitative estimate of drug-likeness (QED) is 0.849. The van der Waals surface area contributed by atoms with Gasteiger partial charge in [0.2, 0.25) is 0 Å². The highest BCUT2D eigenvalue weighted by Crippen LogP contribution is 2.18. The van der Waals surface area contributed by atoms with E-state index in [0.717, 1.165) is 24.2 Å². The molecule has 3 nitrogen and oxygen atoms in total. The minimum Gasteiger partial charge on any atom is -0.387 e. The van der Waals surface area contributed by atoms with E-state index in [-0.39, 0.29) is 11.9 Å². The fourth-order valence-corrected chi connectivity index (χ4v) is 1.88. The number of hydrogen-bond donors (Lipinski definition) is 1. The van der Waals surface area contributed by atoms with Crippen LogP contribution in [-0.2, 0) is 0 Å². The van der Waals surface area contributed by atoms with Crippen LogP contribution in [0.5, 0.6) is 0 Å². The number of carbonyl (C=O) groups excluding carboxylic acids is 1. The lowest BCUT2D eigenvalue weighted by molar-refractivity contribution is 0.0707. The Labute approximate surface area is 104 Å². The summed E-state index contributed by atoms with van der Waals surface area (Å²) >= 11 is 0. The van der Waals surface area contributed by atoms with Crippen molar-refractivity contribution in [3.05, 3.63) is 29.8 Å². The molecule has 0 fully saturated rings. The Balaban J connectivity index is 3.00. The summed E-state index contributed by atoms with van der Waals surface area (Å²) in [5.74, 6) is 0.104. The van der Waals surface area contributed by atoms with Gasteiger partial charge in [-0.2, -0.15) is 0 Å². The number of nitrogens with zero attached hydrogens (tertiary/aromatic N) is 1. The van der Waals surface area contributed by atoms with E-state index in [1.54, 1.807) is 0 Å². The minimum absolute atomic E-state index is 0.104. The van der Waals surface area contributed by atoms with Crippen LogP contribution in [-0.4, -0.2) is 30.4 Å². The van der Waals surface area contributed by atoms with E-state index in [2.05, 4.69) is 26.1 Å². The second-order valence-electron chi connectivity index (χ2n) is 4.39. The van der Waals surface area contributed by atoms with E-state index in [1.807, 2.05) is 36.2 Å². The maximum absolute atomic E-state index is 12.4. The first-order chi connectivity index (χ1) is 8.11. The molecule has 1 aromatic carbocycles. The zero-order valence-electron chi connectivity index (χ0n) is 11.2. The molecule has 0 aliphatic heterocycles. The van der Waals surface area contributed by atoms with Gasteiger partial charge in [0.1, 0.15) is 0 Å². The minimum atomic E-state index is 0.104. The summed E-state index contributed by atoms with van der Waals surface area (Å²) in [4.78, 5) is 14.4. The number of para-hydroxylation sites is 1. The summed E-state index contributed by atoms with van der Waals surface area (Å²) in [5.41, 5.74) is 1.64. The Morgan fingerprint density at radius 1 is 1.35 bits per heavy atom. The average molecular weight is 234 g/mol. The summed E-state index contributed by atoms with van der Waals surface area (Å²) in [6, 6.07) is 7.87. The van der Waals surface area contributed by atoms with Crippen molar-refractivity contribution in [2.75, 3.05) is 18.9 Å². The van der Waals surface area contributed by atoms with Gasteiger partial charge in [0.15, 0.2) is 0 Å². The van der Waals surface area contributed by atoms with Crippen molar-refractivity contribution in [2.24, 2.45) is 0 Å². The van der Waals surface area contributed by atoms with Crippen LogP contribution in [0.2, 0.25) is 0 Å². The van der Waals surface area contributed by atoms with Crippen LogP contribution in [0.15, 0.2) is 24.3 Å². The number of amides is 1. The molecule has 0 aliphatic rings. The Hall–Kier alpha value is -1.51. The fourth-order valence-electron chi connectivity index (χ4n) is 1.88. The van der Waals surface area contributed by atoms with Crippen LogP contribution in [0.25, 0.3) is 0 Å². The van der Waals surface area contributed by atoms with Gasteiger partial charge in [0, 0.05) is 25.3 Å². The van der Waals surface area contributed by atoms with Crippen LogP contribution < -0.4 is 5.32 Å². The van der Waals surface area contributed by atoms with Crippen molar-refractivity contribution in [2.45, 2.75) is 33.2 Å². The SMILES string of the molecule is CCCN(C(=O)c1ccccc1NC)C(C)C. The fraction of sp³-hybridized carbons (Fsp3) is 0.500. The summed E-state index contributed by atoms with van der Waals surface area (Å²) in [6.07, 6.45) is 0.978. The number of carbonyl (C=O) groups is 1. The largest absolute Gasteiger partial charge is 0.387 e. The molecule has 1 N–H and O–H groups in total. The second-order valence-corrected chi connectivity index (χ2v) is 4.39. The number of rotatable bonds is 5. The van der Waals surface area contributed by atoms with Gasteiger partial charge in [-0.3, -0.25) is 4.79 Å². The summed E-state index contributed by atoms with van der Waals surface area (Å²) in [6.45, 7) is 6.99. The predicted octanol–water partition coefficient (Wildman–Crippen LogP) is 2.99. The molecule has 1 rings (SSSR count). The van der Waals surface area contributed by atoms with E-state index in [4.69, 9.17) is 0 Å². The van der Waals surface area contributed by atoms with Crippen LogP contribution in [0.1, 0.15) is 37.6 Å². The smallest absolute Gasteiger partial charge is 0.256 e. The molecule has 94 valence electrons. The lowest BCUT2D eigenvalue weighted by Crippen LogP contribution is -2.37. The average Bonchev–Trinajstić information content (AvgIpc) is 2.34. The van der Waals surface area contributed by atoms with Crippen LogP contribution in [0.4, 0.5) is 5.69 Å². The molecule has 0 heterocycles. The number of anilines is 1. The maximum atomic E-state index is 12.4. The molecule has 0 bridgehead atoms. The zero-order chi connectivity index (χ0) is 12.8. The first kappa shape index (κ1) is 13.6. The molecule has 0 radical (unpaired) electrons. The molecule has 0 saturated carbocycles.